The molecule has 1 aromatic carbocycles. The van der Waals surface area contributed by atoms with Crippen LogP contribution in [0.1, 0.15) is 17.4 Å². The lowest BCUT2D eigenvalue weighted by molar-refractivity contribution is 0.0740. The molecule has 136 valence electrons. The highest BCUT2D eigenvalue weighted by atomic mass is 32.1. The van der Waals surface area contributed by atoms with Gasteiger partial charge in [-0.1, -0.05) is 17.4 Å². The number of ether oxygens (including phenoxy) is 1. The van der Waals surface area contributed by atoms with E-state index in [1.54, 1.807) is 29.2 Å². The van der Waals surface area contributed by atoms with Crippen molar-refractivity contribution in [2.24, 2.45) is 0 Å². The molecule has 0 aliphatic carbocycles. The molecule has 1 amide bonds. The smallest absolute Gasteiger partial charge is 0.274 e. The molecule has 3 aromatic rings. The van der Waals surface area contributed by atoms with Crippen molar-refractivity contribution in [2.45, 2.75) is 13.5 Å². The Balaban J connectivity index is 1.45. The summed E-state index contributed by atoms with van der Waals surface area (Å²) < 4.78 is 8.29. The van der Waals surface area contributed by atoms with E-state index in [9.17, 15) is 4.79 Å². The highest BCUT2D eigenvalue weighted by Crippen LogP contribution is 2.34. The molecule has 3 heterocycles. The van der Waals surface area contributed by atoms with Gasteiger partial charge in [-0.3, -0.25) is 9.48 Å². The number of amides is 1. The van der Waals surface area contributed by atoms with Gasteiger partial charge in [0.2, 0.25) is 0 Å². The van der Waals surface area contributed by atoms with Crippen molar-refractivity contribution in [3.05, 3.63) is 36.2 Å². The maximum atomic E-state index is 12.6. The first-order valence-corrected chi connectivity index (χ1v) is 9.52. The lowest BCUT2D eigenvalue weighted by Crippen LogP contribution is -2.48. The van der Waals surface area contributed by atoms with Crippen LogP contribution in [-0.4, -0.2) is 58.9 Å². The van der Waals surface area contributed by atoms with Crippen molar-refractivity contribution < 1.29 is 9.53 Å². The molecular weight excluding hydrogens is 350 g/mol. The number of thiazole rings is 1. The second-order valence-corrected chi connectivity index (χ2v) is 7.15. The van der Waals surface area contributed by atoms with Gasteiger partial charge in [0.15, 0.2) is 5.13 Å². The quantitative estimate of drug-likeness (QED) is 0.705. The highest BCUT2D eigenvalue weighted by molar-refractivity contribution is 7.22. The fourth-order valence-electron chi connectivity index (χ4n) is 3.13. The summed E-state index contributed by atoms with van der Waals surface area (Å²) in [6, 6.07) is 7.76. The third-order valence-electron chi connectivity index (χ3n) is 4.61. The minimum atomic E-state index is 0.00261. The van der Waals surface area contributed by atoms with Crippen LogP contribution in [-0.2, 0) is 6.54 Å². The summed E-state index contributed by atoms with van der Waals surface area (Å²) in [5.41, 5.74) is 1.42. The van der Waals surface area contributed by atoms with Crippen molar-refractivity contribution in [3.8, 4) is 5.75 Å². The van der Waals surface area contributed by atoms with E-state index in [-0.39, 0.29) is 5.91 Å². The van der Waals surface area contributed by atoms with E-state index < -0.39 is 0 Å². The predicted molar refractivity (Wildman–Crippen MR) is 102 cm³/mol. The van der Waals surface area contributed by atoms with E-state index in [0.29, 0.717) is 18.8 Å². The van der Waals surface area contributed by atoms with Crippen molar-refractivity contribution >= 4 is 32.6 Å². The number of carbonyl (C=O) groups excluding carboxylic acids is 1. The zero-order valence-corrected chi connectivity index (χ0v) is 15.7. The number of benzene rings is 1. The molecule has 0 radical (unpaired) electrons. The molecule has 7 nitrogen and oxygen atoms in total. The molecule has 1 fully saturated rings. The zero-order chi connectivity index (χ0) is 18.1. The van der Waals surface area contributed by atoms with Crippen molar-refractivity contribution in [1.29, 1.82) is 0 Å². The molecular formula is C18H21N5O2S. The maximum absolute atomic E-state index is 12.6. The maximum Gasteiger partial charge on any atom is 0.274 e. The van der Waals surface area contributed by atoms with Gasteiger partial charge in [0.1, 0.15) is 17.0 Å². The van der Waals surface area contributed by atoms with Gasteiger partial charge >= 0.3 is 0 Å². The summed E-state index contributed by atoms with van der Waals surface area (Å²) in [4.78, 5) is 21.5. The Hall–Kier alpha value is -2.61. The summed E-state index contributed by atoms with van der Waals surface area (Å²) in [5.74, 6) is 0.799. The molecule has 1 saturated heterocycles. The average Bonchev–Trinajstić information content (AvgIpc) is 3.34. The van der Waals surface area contributed by atoms with Gasteiger partial charge in [0, 0.05) is 38.9 Å². The van der Waals surface area contributed by atoms with Crippen LogP contribution in [0.2, 0.25) is 0 Å². The van der Waals surface area contributed by atoms with Crippen molar-refractivity contribution in [3.63, 3.8) is 0 Å². The standard InChI is InChI=1S/C18H21N5O2S/c1-3-23-8-7-13(20-23)17(24)21-9-11-22(12-10-21)18-19-16-14(25-2)5-4-6-15(16)26-18/h4-8H,3,9-12H2,1-2H3. The van der Waals surface area contributed by atoms with Crippen LogP contribution in [0.4, 0.5) is 5.13 Å². The number of nitrogens with zero attached hydrogens (tertiary/aromatic N) is 5. The van der Waals surface area contributed by atoms with E-state index in [4.69, 9.17) is 9.72 Å². The average molecular weight is 371 g/mol. The lowest BCUT2D eigenvalue weighted by Gasteiger charge is -2.34. The lowest BCUT2D eigenvalue weighted by atomic mass is 10.3. The van der Waals surface area contributed by atoms with Crippen LogP contribution >= 0.6 is 11.3 Å². The monoisotopic (exact) mass is 371 g/mol. The molecule has 0 atom stereocenters. The van der Waals surface area contributed by atoms with Crippen molar-refractivity contribution in [2.75, 3.05) is 38.2 Å². The van der Waals surface area contributed by atoms with Gasteiger partial charge in [0.05, 0.1) is 11.8 Å². The Morgan fingerprint density at radius 3 is 2.73 bits per heavy atom. The minimum Gasteiger partial charge on any atom is -0.494 e. The molecule has 0 saturated carbocycles. The molecule has 2 aromatic heterocycles. The highest BCUT2D eigenvalue weighted by Gasteiger charge is 2.25. The number of anilines is 1. The Bertz CT molecular complexity index is 927. The van der Waals surface area contributed by atoms with Crippen LogP contribution in [0.5, 0.6) is 5.75 Å². The van der Waals surface area contributed by atoms with Gasteiger partial charge in [-0.05, 0) is 25.1 Å². The summed E-state index contributed by atoms with van der Waals surface area (Å²) in [7, 11) is 1.66. The predicted octanol–water partition coefficient (Wildman–Crippen LogP) is 2.48. The van der Waals surface area contributed by atoms with Crippen molar-refractivity contribution in [1.82, 2.24) is 19.7 Å². The number of hydrogen-bond acceptors (Lipinski definition) is 6. The SMILES string of the molecule is CCn1ccc(C(=O)N2CCN(c3nc4c(OC)cccc4s3)CC2)n1. The molecule has 26 heavy (non-hydrogen) atoms. The Morgan fingerprint density at radius 2 is 2.04 bits per heavy atom. The van der Waals surface area contributed by atoms with E-state index in [1.165, 1.54) is 0 Å². The number of rotatable bonds is 4. The third kappa shape index (κ3) is 3.01. The molecule has 0 unspecified atom stereocenters. The molecule has 1 aliphatic rings. The number of methoxy groups -OCH3 is 1. The largest absolute Gasteiger partial charge is 0.494 e. The Labute approximate surface area is 155 Å². The van der Waals surface area contributed by atoms with E-state index in [0.717, 1.165) is 40.7 Å². The van der Waals surface area contributed by atoms with Gasteiger partial charge in [-0.25, -0.2) is 4.98 Å². The number of piperazine rings is 1. The number of hydrogen-bond donors (Lipinski definition) is 0. The van der Waals surface area contributed by atoms with E-state index >= 15 is 0 Å². The minimum absolute atomic E-state index is 0.00261. The first-order valence-electron chi connectivity index (χ1n) is 8.71. The number of aromatic nitrogens is 3. The van der Waals surface area contributed by atoms with Gasteiger partial charge < -0.3 is 14.5 Å². The molecule has 4 rings (SSSR count). The normalized spacial score (nSPS) is 14.8. The van der Waals surface area contributed by atoms with Gasteiger partial charge in [-0.2, -0.15) is 5.10 Å². The summed E-state index contributed by atoms with van der Waals surface area (Å²) >= 11 is 1.66. The van der Waals surface area contributed by atoms with Crippen LogP contribution in [0.3, 0.4) is 0 Å². The van der Waals surface area contributed by atoms with Gasteiger partial charge in [0.25, 0.3) is 5.91 Å². The Morgan fingerprint density at radius 1 is 1.23 bits per heavy atom. The fraction of sp³-hybridized carbons (Fsp3) is 0.389. The van der Waals surface area contributed by atoms with Crippen LogP contribution < -0.4 is 9.64 Å². The fourth-order valence-corrected chi connectivity index (χ4v) is 4.16. The summed E-state index contributed by atoms with van der Waals surface area (Å²) in [6.07, 6.45) is 1.85. The van der Waals surface area contributed by atoms with E-state index in [1.807, 2.05) is 30.2 Å². The second-order valence-electron chi connectivity index (χ2n) is 6.14. The molecule has 8 heteroatoms. The molecule has 0 N–H and O–H groups in total. The summed E-state index contributed by atoms with van der Waals surface area (Å²) in [6.45, 7) is 5.65. The number of fused-ring (bicyclic) bond motifs is 1. The molecule has 0 spiro atoms. The summed E-state index contributed by atoms with van der Waals surface area (Å²) in [5, 5.41) is 5.30. The Kier molecular flexibility index (Phi) is 4.50. The topological polar surface area (TPSA) is 63.5 Å². The third-order valence-corrected chi connectivity index (χ3v) is 5.69. The second kappa shape index (κ2) is 6.95. The number of aryl methyl sites for hydroxylation is 1. The first kappa shape index (κ1) is 16.8. The van der Waals surface area contributed by atoms with E-state index in [2.05, 4.69) is 16.1 Å². The van der Waals surface area contributed by atoms with Gasteiger partial charge in [-0.15, -0.1) is 0 Å². The van der Waals surface area contributed by atoms with Crippen LogP contribution in [0, 0.1) is 0 Å². The van der Waals surface area contributed by atoms with Crippen LogP contribution in [0.15, 0.2) is 30.5 Å². The number of para-hydroxylation sites is 1. The molecule has 0 bridgehead atoms. The number of carbonyl (C=O) groups is 1. The first-order chi connectivity index (χ1) is 12.7. The van der Waals surface area contributed by atoms with Crippen LogP contribution in [0.25, 0.3) is 10.2 Å². The zero-order valence-electron chi connectivity index (χ0n) is 14.9. The molecule has 1 aliphatic heterocycles.